The lowest BCUT2D eigenvalue weighted by Gasteiger charge is -2.15. The molecule has 0 saturated heterocycles. The number of hydrogen-bond acceptors (Lipinski definition) is 4. The highest BCUT2D eigenvalue weighted by Gasteiger charge is 2.21. The molecule has 23 heavy (non-hydrogen) atoms. The maximum Gasteiger partial charge on any atom is 0.342 e. The maximum absolute atomic E-state index is 12.2. The van der Waals surface area contributed by atoms with E-state index in [9.17, 15) is 9.59 Å². The van der Waals surface area contributed by atoms with Crippen molar-refractivity contribution < 1.29 is 19.1 Å². The van der Waals surface area contributed by atoms with Crippen LogP contribution < -0.4 is 10.1 Å². The van der Waals surface area contributed by atoms with Crippen LogP contribution in [0.25, 0.3) is 0 Å². The molecule has 1 amide bonds. The quantitative estimate of drug-likeness (QED) is 0.850. The van der Waals surface area contributed by atoms with Crippen LogP contribution in [0.15, 0.2) is 48.5 Å². The molecule has 2 rings (SSSR count). The van der Waals surface area contributed by atoms with Crippen LogP contribution in [0.4, 0.5) is 5.69 Å². The molecule has 0 radical (unpaired) electrons. The van der Waals surface area contributed by atoms with Crippen LogP contribution in [0.1, 0.15) is 17.3 Å². The number of carbonyl (C=O) groups excluding carboxylic acids is 2. The Morgan fingerprint density at radius 2 is 1.83 bits per heavy atom. The number of methoxy groups -OCH3 is 1. The Morgan fingerprint density at radius 1 is 1.13 bits per heavy atom. The van der Waals surface area contributed by atoms with Gasteiger partial charge in [-0.2, -0.15) is 0 Å². The molecule has 0 saturated carbocycles. The Labute approximate surface area is 139 Å². The molecule has 2 aromatic carbocycles. The van der Waals surface area contributed by atoms with E-state index in [0.717, 1.165) is 0 Å². The van der Waals surface area contributed by atoms with Gasteiger partial charge in [-0.1, -0.05) is 29.8 Å². The van der Waals surface area contributed by atoms with Gasteiger partial charge in [0.05, 0.1) is 7.11 Å². The number of rotatable bonds is 5. The Balaban J connectivity index is 2.05. The SMILES string of the molecule is COc1ccc(Cl)cc1C(=O)O[C@H](C)C(=O)Nc1ccccc1. The largest absolute Gasteiger partial charge is 0.496 e. The van der Waals surface area contributed by atoms with Crippen molar-refractivity contribution >= 4 is 29.2 Å². The highest BCUT2D eigenvalue weighted by atomic mass is 35.5. The molecular formula is C17H16ClNO4. The van der Waals surface area contributed by atoms with Crippen LogP contribution in [0.3, 0.4) is 0 Å². The third kappa shape index (κ3) is 4.47. The number of halogens is 1. The first-order valence-electron chi connectivity index (χ1n) is 6.91. The van der Waals surface area contributed by atoms with Crippen LogP contribution in [0.2, 0.25) is 5.02 Å². The minimum Gasteiger partial charge on any atom is -0.496 e. The second-order valence-corrected chi connectivity index (χ2v) is 5.18. The number of ether oxygens (including phenoxy) is 2. The molecule has 1 atom stereocenters. The number of amides is 1. The molecule has 0 heterocycles. The van der Waals surface area contributed by atoms with E-state index in [4.69, 9.17) is 21.1 Å². The standard InChI is InChI=1S/C17H16ClNO4/c1-11(16(20)19-13-6-4-3-5-7-13)23-17(21)14-10-12(18)8-9-15(14)22-2/h3-11H,1-2H3,(H,19,20)/t11-/m1/s1. The van der Waals surface area contributed by atoms with Gasteiger partial charge >= 0.3 is 5.97 Å². The zero-order valence-corrected chi connectivity index (χ0v) is 13.5. The van der Waals surface area contributed by atoms with Gasteiger partial charge in [0.25, 0.3) is 5.91 Å². The summed E-state index contributed by atoms with van der Waals surface area (Å²) in [5.74, 6) is -0.777. The second kappa shape index (κ2) is 7.65. The molecule has 6 heteroatoms. The molecular weight excluding hydrogens is 318 g/mol. The number of carbonyl (C=O) groups is 2. The molecule has 5 nitrogen and oxygen atoms in total. The Kier molecular flexibility index (Phi) is 5.60. The van der Waals surface area contributed by atoms with Crippen molar-refractivity contribution in [3.8, 4) is 5.75 Å². The smallest absolute Gasteiger partial charge is 0.342 e. The predicted molar refractivity (Wildman–Crippen MR) is 88.0 cm³/mol. The molecule has 0 aromatic heterocycles. The Bertz CT molecular complexity index is 703. The first kappa shape index (κ1) is 16.8. The minimum atomic E-state index is -0.966. The molecule has 1 N–H and O–H groups in total. The summed E-state index contributed by atoms with van der Waals surface area (Å²) in [5, 5.41) is 3.04. The number of anilines is 1. The van der Waals surface area contributed by atoms with E-state index in [2.05, 4.69) is 5.32 Å². The van der Waals surface area contributed by atoms with Gasteiger partial charge in [-0.3, -0.25) is 4.79 Å². The normalized spacial score (nSPS) is 11.4. The average Bonchev–Trinajstić information content (AvgIpc) is 2.55. The van der Waals surface area contributed by atoms with Crippen molar-refractivity contribution in [2.24, 2.45) is 0 Å². The molecule has 0 aliphatic heterocycles. The third-order valence-corrected chi connectivity index (χ3v) is 3.31. The summed E-state index contributed by atoms with van der Waals surface area (Å²) in [6, 6.07) is 13.5. The van der Waals surface area contributed by atoms with Gasteiger partial charge < -0.3 is 14.8 Å². The molecule has 0 spiro atoms. The lowest BCUT2D eigenvalue weighted by Crippen LogP contribution is -2.30. The van der Waals surface area contributed by atoms with Crippen molar-refractivity contribution in [1.29, 1.82) is 0 Å². The van der Waals surface area contributed by atoms with Gasteiger partial charge in [0.2, 0.25) is 0 Å². The van der Waals surface area contributed by atoms with E-state index in [-0.39, 0.29) is 5.56 Å². The van der Waals surface area contributed by atoms with Gasteiger partial charge in [0, 0.05) is 10.7 Å². The zero-order valence-electron chi connectivity index (χ0n) is 12.7. The Hall–Kier alpha value is -2.53. The van der Waals surface area contributed by atoms with Crippen molar-refractivity contribution in [2.45, 2.75) is 13.0 Å². The van der Waals surface area contributed by atoms with E-state index < -0.39 is 18.0 Å². The van der Waals surface area contributed by atoms with E-state index in [0.29, 0.717) is 16.5 Å². The summed E-state index contributed by atoms with van der Waals surface area (Å²) in [4.78, 5) is 24.3. The topological polar surface area (TPSA) is 64.6 Å². The molecule has 0 unspecified atom stereocenters. The molecule has 120 valence electrons. The molecule has 2 aromatic rings. The summed E-state index contributed by atoms with van der Waals surface area (Å²) in [6.45, 7) is 1.49. The molecule has 0 aliphatic rings. The summed E-state index contributed by atoms with van der Waals surface area (Å²) >= 11 is 5.88. The summed E-state index contributed by atoms with van der Waals surface area (Å²) in [7, 11) is 1.44. The molecule has 0 fully saturated rings. The van der Waals surface area contributed by atoms with Crippen molar-refractivity contribution in [3.05, 3.63) is 59.1 Å². The lowest BCUT2D eigenvalue weighted by atomic mass is 10.2. The average molecular weight is 334 g/mol. The fourth-order valence-electron chi connectivity index (χ4n) is 1.88. The number of hydrogen-bond donors (Lipinski definition) is 1. The van der Waals surface area contributed by atoms with Crippen LogP contribution >= 0.6 is 11.6 Å². The summed E-state index contributed by atoms with van der Waals surface area (Å²) in [6.07, 6.45) is -0.966. The van der Waals surface area contributed by atoms with Crippen LogP contribution in [0, 0.1) is 0 Å². The van der Waals surface area contributed by atoms with Crippen molar-refractivity contribution in [1.82, 2.24) is 0 Å². The number of esters is 1. The summed E-state index contributed by atoms with van der Waals surface area (Å²) in [5.41, 5.74) is 0.792. The lowest BCUT2D eigenvalue weighted by molar-refractivity contribution is -0.123. The monoisotopic (exact) mass is 333 g/mol. The van der Waals surface area contributed by atoms with Crippen LogP contribution in [-0.4, -0.2) is 25.1 Å². The number of benzene rings is 2. The molecule has 0 aliphatic carbocycles. The minimum absolute atomic E-state index is 0.166. The van der Waals surface area contributed by atoms with Gasteiger partial charge in [0.1, 0.15) is 11.3 Å². The van der Waals surface area contributed by atoms with Crippen molar-refractivity contribution in [2.75, 3.05) is 12.4 Å². The highest BCUT2D eigenvalue weighted by molar-refractivity contribution is 6.31. The van der Waals surface area contributed by atoms with Gasteiger partial charge in [-0.15, -0.1) is 0 Å². The predicted octanol–water partition coefficient (Wildman–Crippen LogP) is 3.53. The maximum atomic E-state index is 12.2. The van der Waals surface area contributed by atoms with Gasteiger partial charge in [-0.05, 0) is 37.3 Å². The van der Waals surface area contributed by atoms with Gasteiger partial charge in [-0.25, -0.2) is 4.79 Å². The van der Waals surface area contributed by atoms with E-state index in [1.165, 1.54) is 20.1 Å². The van der Waals surface area contributed by atoms with Crippen LogP contribution in [0.5, 0.6) is 5.75 Å². The zero-order chi connectivity index (χ0) is 16.8. The fraction of sp³-hybridized carbons (Fsp3) is 0.176. The second-order valence-electron chi connectivity index (χ2n) is 4.75. The van der Waals surface area contributed by atoms with Crippen molar-refractivity contribution in [3.63, 3.8) is 0 Å². The fourth-order valence-corrected chi connectivity index (χ4v) is 2.05. The number of para-hydroxylation sites is 1. The summed E-state index contributed by atoms with van der Waals surface area (Å²) < 4.78 is 10.3. The van der Waals surface area contributed by atoms with E-state index in [1.807, 2.05) is 6.07 Å². The van der Waals surface area contributed by atoms with Crippen LogP contribution in [-0.2, 0) is 9.53 Å². The highest BCUT2D eigenvalue weighted by Crippen LogP contribution is 2.23. The molecule has 0 bridgehead atoms. The Morgan fingerprint density at radius 3 is 2.48 bits per heavy atom. The van der Waals surface area contributed by atoms with E-state index in [1.54, 1.807) is 36.4 Å². The first-order chi connectivity index (χ1) is 11.0. The number of nitrogens with one attached hydrogen (secondary N) is 1. The third-order valence-electron chi connectivity index (χ3n) is 3.08. The van der Waals surface area contributed by atoms with Gasteiger partial charge in [0.15, 0.2) is 6.10 Å². The van der Waals surface area contributed by atoms with E-state index >= 15 is 0 Å². The first-order valence-corrected chi connectivity index (χ1v) is 7.29.